The lowest BCUT2D eigenvalue weighted by molar-refractivity contribution is -0.141. The summed E-state index contributed by atoms with van der Waals surface area (Å²) in [6.07, 6.45) is -4.51. The predicted octanol–water partition coefficient (Wildman–Crippen LogP) is 3.85. The van der Waals surface area contributed by atoms with Crippen LogP contribution < -0.4 is 10.6 Å². The van der Waals surface area contributed by atoms with Crippen LogP contribution in [0.5, 0.6) is 0 Å². The Kier molecular flexibility index (Phi) is 4.85. The Morgan fingerprint density at radius 1 is 1.09 bits per heavy atom. The lowest BCUT2D eigenvalue weighted by Gasteiger charge is -2.12. The van der Waals surface area contributed by atoms with E-state index in [9.17, 15) is 13.2 Å². The Labute approximate surface area is 126 Å². The lowest BCUT2D eigenvalue weighted by atomic mass is 10.1. The van der Waals surface area contributed by atoms with E-state index in [-0.39, 0.29) is 11.8 Å². The fourth-order valence-electron chi connectivity index (χ4n) is 1.93. The third-order valence-electron chi connectivity index (χ3n) is 2.91. The van der Waals surface area contributed by atoms with Crippen molar-refractivity contribution in [3.8, 4) is 0 Å². The minimum absolute atomic E-state index is 0.0379. The summed E-state index contributed by atoms with van der Waals surface area (Å²) in [4.78, 5) is 7.52. The first kappa shape index (κ1) is 16.1. The van der Waals surface area contributed by atoms with Gasteiger partial charge in [0.15, 0.2) is 5.69 Å². The van der Waals surface area contributed by atoms with Gasteiger partial charge in [0.1, 0.15) is 5.82 Å². The maximum Gasteiger partial charge on any atom is 0.433 e. The number of anilines is 2. The topological polar surface area (TPSA) is 49.8 Å². The van der Waals surface area contributed by atoms with E-state index in [1.807, 2.05) is 31.2 Å². The van der Waals surface area contributed by atoms with E-state index >= 15 is 0 Å². The molecule has 0 saturated heterocycles. The molecule has 0 aliphatic carbocycles. The van der Waals surface area contributed by atoms with Crippen molar-refractivity contribution < 1.29 is 13.2 Å². The van der Waals surface area contributed by atoms with Crippen LogP contribution >= 0.6 is 0 Å². The average molecular weight is 310 g/mol. The third kappa shape index (κ3) is 4.34. The molecule has 2 N–H and O–H groups in total. The Hall–Kier alpha value is -2.31. The second-order valence-electron chi connectivity index (χ2n) is 4.83. The summed E-state index contributed by atoms with van der Waals surface area (Å²) in [7, 11) is 0. The zero-order valence-electron chi connectivity index (χ0n) is 12.3. The van der Waals surface area contributed by atoms with Gasteiger partial charge in [0.2, 0.25) is 5.95 Å². The molecule has 0 fully saturated rings. The Morgan fingerprint density at radius 2 is 1.86 bits per heavy atom. The minimum Gasteiger partial charge on any atom is -0.366 e. The van der Waals surface area contributed by atoms with Gasteiger partial charge >= 0.3 is 6.18 Å². The van der Waals surface area contributed by atoms with Gasteiger partial charge in [0.25, 0.3) is 0 Å². The fraction of sp³-hybridized carbons (Fsp3) is 0.333. The summed E-state index contributed by atoms with van der Waals surface area (Å²) in [5.74, 6) is 0.101. The normalized spacial score (nSPS) is 11.3. The van der Waals surface area contributed by atoms with Gasteiger partial charge in [-0.2, -0.15) is 18.2 Å². The van der Waals surface area contributed by atoms with Crippen molar-refractivity contribution in [1.29, 1.82) is 0 Å². The number of benzene rings is 1. The molecule has 0 aliphatic heterocycles. The van der Waals surface area contributed by atoms with E-state index in [0.717, 1.165) is 17.2 Å². The first-order valence-corrected chi connectivity index (χ1v) is 6.88. The van der Waals surface area contributed by atoms with Crippen molar-refractivity contribution in [3.05, 3.63) is 47.2 Å². The number of nitrogens with one attached hydrogen (secondary N) is 2. The molecule has 0 radical (unpaired) electrons. The Morgan fingerprint density at radius 3 is 2.50 bits per heavy atom. The summed E-state index contributed by atoms with van der Waals surface area (Å²) in [6.45, 7) is 4.56. The number of alkyl halides is 3. The van der Waals surface area contributed by atoms with Gasteiger partial charge in [0.05, 0.1) is 0 Å². The monoisotopic (exact) mass is 310 g/mol. The molecule has 0 aliphatic rings. The maximum absolute atomic E-state index is 12.9. The van der Waals surface area contributed by atoms with Gasteiger partial charge < -0.3 is 10.6 Å². The Bertz CT molecular complexity index is 641. The van der Waals surface area contributed by atoms with Crippen molar-refractivity contribution in [1.82, 2.24) is 9.97 Å². The molecular weight excluding hydrogens is 293 g/mol. The molecule has 1 heterocycles. The van der Waals surface area contributed by atoms with Crippen molar-refractivity contribution in [2.75, 3.05) is 17.2 Å². The number of aryl methyl sites for hydroxylation is 1. The molecule has 0 bridgehead atoms. The van der Waals surface area contributed by atoms with E-state index < -0.39 is 11.9 Å². The van der Waals surface area contributed by atoms with Gasteiger partial charge in [-0.1, -0.05) is 29.8 Å². The van der Waals surface area contributed by atoms with E-state index in [2.05, 4.69) is 20.6 Å². The van der Waals surface area contributed by atoms with E-state index in [4.69, 9.17) is 0 Å². The first-order valence-electron chi connectivity index (χ1n) is 6.88. The molecule has 0 saturated carbocycles. The second kappa shape index (κ2) is 6.64. The molecule has 22 heavy (non-hydrogen) atoms. The molecular formula is C15H17F3N4. The van der Waals surface area contributed by atoms with Gasteiger partial charge in [0, 0.05) is 19.2 Å². The first-order chi connectivity index (χ1) is 10.4. The molecule has 0 spiro atoms. The highest BCUT2D eigenvalue weighted by Crippen LogP contribution is 2.29. The molecule has 0 atom stereocenters. The largest absolute Gasteiger partial charge is 0.433 e. The summed E-state index contributed by atoms with van der Waals surface area (Å²) in [5.41, 5.74) is 1.09. The lowest BCUT2D eigenvalue weighted by Crippen LogP contribution is -2.14. The summed E-state index contributed by atoms with van der Waals surface area (Å²) in [6, 6.07) is 8.63. The SMILES string of the molecule is CCNc1nc(NCc2cccc(C)c2)cc(C(F)(F)F)n1. The van der Waals surface area contributed by atoms with Crippen LogP contribution in [0.3, 0.4) is 0 Å². The highest BCUT2D eigenvalue weighted by atomic mass is 19.4. The summed E-state index contributed by atoms with van der Waals surface area (Å²) in [5, 5.41) is 5.61. The zero-order chi connectivity index (χ0) is 16.2. The summed E-state index contributed by atoms with van der Waals surface area (Å²) < 4.78 is 38.6. The number of rotatable bonds is 5. The van der Waals surface area contributed by atoms with E-state index in [1.54, 1.807) is 6.92 Å². The van der Waals surface area contributed by atoms with E-state index in [1.165, 1.54) is 0 Å². The average Bonchev–Trinajstić information content (AvgIpc) is 2.44. The number of nitrogens with zero attached hydrogens (tertiary/aromatic N) is 2. The molecule has 118 valence electrons. The van der Waals surface area contributed by atoms with Crippen LogP contribution in [0.4, 0.5) is 24.9 Å². The predicted molar refractivity (Wildman–Crippen MR) is 79.7 cm³/mol. The molecule has 4 nitrogen and oxygen atoms in total. The van der Waals surface area contributed by atoms with Gasteiger partial charge in [-0.3, -0.25) is 0 Å². The highest BCUT2D eigenvalue weighted by molar-refractivity contribution is 5.43. The molecule has 7 heteroatoms. The molecule has 1 aromatic carbocycles. The van der Waals surface area contributed by atoms with Crippen LogP contribution in [0.25, 0.3) is 0 Å². The molecule has 2 aromatic rings. The smallest absolute Gasteiger partial charge is 0.366 e. The van der Waals surface area contributed by atoms with Crippen molar-refractivity contribution >= 4 is 11.8 Å². The molecule has 0 unspecified atom stereocenters. The number of aromatic nitrogens is 2. The number of halogens is 3. The summed E-state index contributed by atoms with van der Waals surface area (Å²) >= 11 is 0. The quantitative estimate of drug-likeness (QED) is 0.881. The van der Waals surface area contributed by atoms with Gasteiger partial charge in [-0.25, -0.2) is 4.98 Å². The van der Waals surface area contributed by atoms with Crippen LogP contribution in [0.2, 0.25) is 0 Å². The van der Waals surface area contributed by atoms with Crippen LogP contribution in [0, 0.1) is 6.92 Å². The number of hydrogen-bond acceptors (Lipinski definition) is 4. The van der Waals surface area contributed by atoms with Gasteiger partial charge in [-0.05, 0) is 19.4 Å². The van der Waals surface area contributed by atoms with Crippen molar-refractivity contribution in [3.63, 3.8) is 0 Å². The van der Waals surface area contributed by atoms with E-state index in [0.29, 0.717) is 13.1 Å². The Balaban J connectivity index is 2.20. The third-order valence-corrected chi connectivity index (χ3v) is 2.91. The maximum atomic E-state index is 12.9. The van der Waals surface area contributed by atoms with Crippen LogP contribution in [0.1, 0.15) is 23.7 Å². The van der Waals surface area contributed by atoms with Crippen LogP contribution in [0.15, 0.2) is 30.3 Å². The molecule has 1 aromatic heterocycles. The van der Waals surface area contributed by atoms with Crippen molar-refractivity contribution in [2.45, 2.75) is 26.6 Å². The van der Waals surface area contributed by atoms with Crippen molar-refractivity contribution in [2.24, 2.45) is 0 Å². The minimum atomic E-state index is -4.51. The second-order valence-corrected chi connectivity index (χ2v) is 4.83. The van der Waals surface area contributed by atoms with Crippen LogP contribution in [-0.4, -0.2) is 16.5 Å². The molecule has 2 rings (SSSR count). The van der Waals surface area contributed by atoms with Crippen LogP contribution in [-0.2, 0) is 12.7 Å². The number of hydrogen-bond donors (Lipinski definition) is 2. The standard InChI is InChI=1S/C15H17F3N4/c1-3-19-14-21-12(15(16,17)18)8-13(22-14)20-9-11-6-4-5-10(2)7-11/h4-8H,3,9H2,1-2H3,(H2,19,20,21,22). The zero-order valence-corrected chi connectivity index (χ0v) is 12.3. The van der Waals surface area contributed by atoms with Gasteiger partial charge in [-0.15, -0.1) is 0 Å². The molecule has 0 amide bonds. The highest BCUT2D eigenvalue weighted by Gasteiger charge is 2.33. The fourth-order valence-corrected chi connectivity index (χ4v) is 1.93.